The summed E-state index contributed by atoms with van der Waals surface area (Å²) in [6, 6.07) is 12.4. The van der Waals surface area contributed by atoms with Gasteiger partial charge in [0, 0.05) is 27.8 Å². The Morgan fingerprint density at radius 2 is 2.00 bits per heavy atom. The van der Waals surface area contributed by atoms with Gasteiger partial charge in [-0.2, -0.15) is 0 Å². The van der Waals surface area contributed by atoms with Crippen molar-refractivity contribution in [2.75, 3.05) is 11.1 Å². The van der Waals surface area contributed by atoms with Crippen LogP contribution in [0.3, 0.4) is 0 Å². The van der Waals surface area contributed by atoms with Gasteiger partial charge in [-0.25, -0.2) is 0 Å². The molecule has 0 radical (unpaired) electrons. The number of carbonyl (C=O) groups is 1. The van der Waals surface area contributed by atoms with Gasteiger partial charge in [-0.1, -0.05) is 57.0 Å². The van der Waals surface area contributed by atoms with Crippen molar-refractivity contribution in [1.82, 2.24) is 14.8 Å². The number of allylic oxidation sites excluding steroid dienone is 1. The molecule has 0 aliphatic rings. The van der Waals surface area contributed by atoms with E-state index in [0.29, 0.717) is 33.3 Å². The summed E-state index contributed by atoms with van der Waals surface area (Å²) in [4.78, 5) is 12.3. The molecule has 6 nitrogen and oxygen atoms in total. The third kappa shape index (κ3) is 6.25. The van der Waals surface area contributed by atoms with Crippen LogP contribution in [0.2, 0.25) is 10.0 Å². The molecule has 0 saturated carbocycles. The number of thioether (sulfide) groups is 1. The van der Waals surface area contributed by atoms with Crippen LogP contribution in [0.15, 0.2) is 64.7 Å². The van der Waals surface area contributed by atoms with Crippen LogP contribution in [-0.2, 0) is 17.9 Å². The number of nitrogens with zero attached hydrogens (tertiary/aromatic N) is 3. The summed E-state index contributed by atoms with van der Waals surface area (Å²) in [6.07, 6.45) is 1.73. The quantitative estimate of drug-likeness (QED) is 0.279. The third-order valence-electron chi connectivity index (χ3n) is 3.82. The molecule has 156 valence electrons. The molecule has 3 aromatic rings. The molecule has 30 heavy (non-hydrogen) atoms. The first-order valence-corrected chi connectivity index (χ1v) is 11.3. The lowest BCUT2D eigenvalue weighted by atomic mass is 10.3. The number of rotatable bonds is 9. The van der Waals surface area contributed by atoms with E-state index in [4.69, 9.17) is 27.9 Å². The largest absolute Gasteiger partial charge is 0.484 e. The third-order valence-corrected chi connectivity index (χ3v) is 5.86. The minimum atomic E-state index is -0.140. The van der Waals surface area contributed by atoms with Gasteiger partial charge >= 0.3 is 0 Å². The Hall–Kier alpha value is -2.00. The molecule has 3 rings (SSSR count). The SMILES string of the molecule is C=CCn1c(COc2cc(Cl)ccc2Cl)nnc1SCC(=O)Nc1ccc(Br)cc1. The number of ether oxygens (including phenoxy) is 1. The van der Waals surface area contributed by atoms with Crippen LogP contribution in [0.4, 0.5) is 5.69 Å². The summed E-state index contributed by atoms with van der Waals surface area (Å²) < 4.78 is 8.53. The molecule has 1 amide bonds. The van der Waals surface area contributed by atoms with E-state index in [0.717, 1.165) is 10.2 Å². The van der Waals surface area contributed by atoms with Crippen LogP contribution >= 0.6 is 50.9 Å². The van der Waals surface area contributed by atoms with Crippen LogP contribution in [-0.4, -0.2) is 26.4 Å². The summed E-state index contributed by atoms with van der Waals surface area (Å²) in [5.74, 6) is 1.09. The van der Waals surface area contributed by atoms with Gasteiger partial charge in [0.2, 0.25) is 5.91 Å². The lowest BCUT2D eigenvalue weighted by Crippen LogP contribution is -2.15. The van der Waals surface area contributed by atoms with Crippen LogP contribution in [0.25, 0.3) is 0 Å². The van der Waals surface area contributed by atoms with Crippen molar-refractivity contribution in [3.05, 3.63) is 75.5 Å². The summed E-state index contributed by atoms with van der Waals surface area (Å²) >= 11 is 16.8. The van der Waals surface area contributed by atoms with Gasteiger partial charge in [0.05, 0.1) is 10.8 Å². The van der Waals surface area contributed by atoms with Gasteiger partial charge in [0.1, 0.15) is 12.4 Å². The first-order valence-electron chi connectivity index (χ1n) is 8.75. The van der Waals surface area contributed by atoms with E-state index in [9.17, 15) is 4.79 Å². The summed E-state index contributed by atoms with van der Waals surface area (Å²) in [7, 11) is 0. The average Bonchev–Trinajstić information content (AvgIpc) is 3.11. The van der Waals surface area contributed by atoms with Crippen molar-refractivity contribution >= 4 is 62.5 Å². The smallest absolute Gasteiger partial charge is 0.234 e. The van der Waals surface area contributed by atoms with Gasteiger partial charge in [-0.3, -0.25) is 9.36 Å². The van der Waals surface area contributed by atoms with Gasteiger partial charge < -0.3 is 10.1 Å². The van der Waals surface area contributed by atoms with E-state index < -0.39 is 0 Å². The summed E-state index contributed by atoms with van der Waals surface area (Å²) in [6.45, 7) is 4.40. The highest BCUT2D eigenvalue weighted by atomic mass is 79.9. The topological polar surface area (TPSA) is 69.0 Å². The molecule has 0 aliphatic carbocycles. The van der Waals surface area contributed by atoms with Crippen molar-refractivity contribution in [1.29, 1.82) is 0 Å². The summed E-state index contributed by atoms with van der Waals surface area (Å²) in [5.41, 5.74) is 0.726. The highest BCUT2D eigenvalue weighted by Crippen LogP contribution is 2.28. The molecule has 0 unspecified atom stereocenters. The molecular formula is C20H17BrCl2N4O2S. The zero-order chi connectivity index (χ0) is 21.5. The number of aromatic nitrogens is 3. The van der Waals surface area contributed by atoms with Gasteiger partial charge in [0.25, 0.3) is 0 Å². The van der Waals surface area contributed by atoms with E-state index in [1.807, 2.05) is 28.8 Å². The highest BCUT2D eigenvalue weighted by Gasteiger charge is 2.15. The van der Waals surface area contributed by atoms with Crippen LogP contribution < -0.4 is 10.1 Å². The lowest BCUT2D eigenvalue weighted by Gasteiger charge is -2.10. The number of amides is 1. The van der Waals surface area contributed by atoms with Crippen molar-refractivity contribution in [3.8, 4) is 5.75 Å². The van der Waals surface area contributed by atoms with Gasteiger partial charge in [-0.15, -0.1) is 16.8 Å². The second kappa shape index (κ2) is 10.9. The lowest BCUT2D eigenvalue weighted by molar-refractivity contribution is -0.113. The molecule has 1 aromatic heterocycles. The van der Waals surface area contributed by atoms with Crippen molar-refractivity contribution < 1.29 is 9.53 Å². The molecule has 10 heteroatoms. The van der Waals surface area contributed by atoms with Crippen LogP contribution in [0.5, 0.6) is 5.75 Å². The molecule has 0 bridgehead atoms. The fraction of sp³-hybridized carbons (Fsp3) is 0.150. The number of hydrogen-bond donors (Lipinski definition) is 1. The first-order chi connectivity index (χ1) is 14.5. The van der Waals surface area contributed by atoms with Crippen molar-refractivity contribution in [2.45, 2.75) is 18.3 Å². The number of nitrogens with one attached hydrogen (secondary N) is 1. The normalized spacial score (nSPS) is 10.6. The molecule has 1 heterocycles. The molecule has 2 aromatic carbocycles. The second-order valence-corrected chi connectivity index (χ2v) is 8.71. The Morgan fingerprint density at radius 3 is 2.73 bits per heavy atom. The molecular weight excluding hydrogens is 511 g/mol. The fourth-order valence-corrected chi connectivity index (χ4v) is 3.80. The zero-order valence-electron chi connectivity index (χ0n) is 15.6. The second-order valence-electron chi connectivity index (χ2n) is 6.01. The average molecular weight is 528 g/mol. The number of benzene rings is 2. The zero-order valence-corrected chi connectivity index (χ0v) is 19.6. The highest BCUT2D eigenvalue weighted by molar-refractivity contribution is 9.10. The number of halogens is 3. The fourth-order valence-electron chi connectivity index (χ4n) is 2.44. The standard InChI is InChI=1S/C20H17BrCl2N4O2S/c1-2-9-27-18(11-29-17-10-14(22)5-8-16(17)23)25-26-20(27)30-12-19(28)24-15-6-3-13(21)4-7-15/h2-8,10H,1,9,11-12H2,(H,24,28). The molecule has 0 saturated heterocycles. The van der Waals surface area contributed by atoms with E-state index in [1.54, 1.807) is 24.3 Å². The van der Waals surface area contributed by atoms with Gasteiger partial charge in [0.15, 0.2) is 11.0 Å². The maximum absolute atomic E-state index is 12.3. The Balaban J connectivity index is 1.63. The number of anilines is 1. The molecule has 0 spiro atoms. The van der Waals surface area contributed by atoms with Crippen molar-refractivity contribution in [3.63, 3.8) is 0 Å². The maximum atomic E-state index is 12.3. The minimum absolute atomic E-state index is 0.140. The van der Waals surface area contributed by atoms with E-state index in [-0.39, 0.29) is 18.3 Å². The Morgan fingerprint density at radius 1 is 1.23 bits per heavy atom. The minimum Gasteiger partial charge on any atom is -0.484 e. The van der Waals surface area contributed by atoms with Crippen LogP contribution in [0.1, 0.15) is 5.82 Å². The van der Waals surface area contributed by atoms with E-state index >= 15 is 0 Å². The van der Waals surface area contributed by atoms with Gasteiger partial charge in [-0.05, 0) is 36.4 Å². The predicted octanol–water partition coefficient (Wildman–Crippen LogP) is 5.84. The van der Waals surface area contributed by atoms with Crippen molar-refractivity contribution in [2.24, 2.45) is 0 Å². The molecule has 0 aliphatic heterocycles. The Bertz CT molecular complexity index is 1040. The molecule has 1 N–H and O–H groups in total. The molecule has 0 fully saturated rings. The summed E-state index contributed by atoms with van der Waals surface area (Å²) in [5, 5.41) is 12.8. The number of carbonyl (C=O) groups excluding carboxylic acids is 1. The Labute approximate surface area is 196 Å². The number of hydrogen-bond acceptors (Lipinski definition) is 5. The maximum Gasteiger partial charge on any atom is 0.234 e. The monoisotopic (exact) mass is 526 g/mol. The first kappa shape index (κ1) is 22.7. The van der Waals surface area contributed by atoms with E-state index in [2.05, 4.69) is 38.0 Å². The Kier molecular flexibility index (Phi) is 8.21. The van der Waals surface area contributed by atoms with E-state index in [1.165, 1.54) is 11.8 Å². The molecule has 0 atom stereocenters. The van der Waals surface area contributed by atoms with Crippen LogP contribution in [0, 0.1) is 0 Å². The predicted molar refractivity (Wildman–Crippen MR) is 125 cm³/mol.